The summed E-state index contributed by atoms with van der Waals surface area (Å²) in [6, 6.07) is 8.19. The number of carboxylic acids is 1. The Balaban J connectivity index is 2.16. The summed E-state index contributed by atoms with van der Waals surface area (Å²) in [5.41, 5.74) is 1.53. The molecule has 0 unspecified atom stereocenters. The third kappa shape index (κ3) is 3.64. The van der Waals surface area contributed by atoms with Crippen LogP contribution in [0, 0.1) is 0 Å². The number of carbonyl (C=O) groups is 2. The van der Waals surface area contributed by atoms with Gasteiger partial charge in [-0.3, -0.25) is 9.78 Å². The van der Waals surface area contributed by atoms with Gasteiger partial charge in [-0.05, 0) is 23.8 Å². The first-order valence-corrected chi connectivity index (χ1v) is 6.18. The number of aromatic carboxylic acids is 1. The molecule has 21 heavy (non-hydrogen) atoms. The molecule has 0 atom stereocenters. The number of carbonyl (C=O) groups excluding carboxylic acids is 1. The Hall–Kier alpha value is -2.73. The lowest BCUT2D eigenvalue weighted by Crippen LogP contribution is -2.15. The normalized spacial score (nSPS) is 10.1. The molecule has 1 amide bonds. The second-order valence-corrected chi connectivity index (χ2v) is 4.31. The average molecular weight is 286 g/mol. The minimum Gasteiger partial charge on any atom is -0.478 e. The van der Waals surface area contributed by atoms with Crippen molar-refractivity contribution in [2.24, 2.45) is 0 Å². The maximum absolute atomic E-state index is 12.1. The zero-order chi connectivity index (χ0) is 15.2. The van der Waals surface area contributed by atoms with Crippen molar-refractivity contribution in [1.82, 2.24) is 4.98 Å². The maximum Gasteiger partial charge on any atom is 0.337 e. The van der Waals surface area contributed by atoms with Crippen molar-refractivity contribution in [3.63, 3.8) is 0 Å². The van der Waals surface area contributed by atoms with Gasteiger partial charge in [0.25, 0.3) is 5.91 Å². The van der Waals surface area contributed by atoms with Crippen LogP contribution in [0.15, 0.2) is 42.7 Å². The molecule has 2 aromatic rings. The highest BCUT2D eigenvalue weighted by Gasteiger charge is 2.13. The molecule has 0 spiro atoms. The highest BCUT2D eigenvalue weighted by atomic mass is 16.5. The Morgan fingerprint density at radius 1 is 1.24 bits per heavy atom. The summed E-state index contributed by atoms with van der Waals surface area (Å²) in [6.45, 7) is 0.466. The van der Waals surface area contributed by atoms with Crippen molar-refractivity contribution in [2.75, 3.05) is 12.4 Å². The standard InChI is InChI=1S/C15H14N2O4/c1-21-9-10-2-4-11(5-3-10)14(18)17-13-8-16-7-6-12(13)15(19)20/h2-8H,9H2,1H3,(H,17,18)(H,19,20). The van der Waals surface area contributed by atoms with Gasteiger partial charge in [0, 0.05) is 18.9 Å². The van der Waals surface area contributed by atoms with E-state index in [0.717, 1.165) is 5.56 Å². The summed E-state index contributed by atoms with van der Waals surface area (Å²) in [6.07, 6.45) is 2.67. The molecule has 0 fully saturated rings. The number of nitrogens with zero attached hydrogens (tertiary/aromatic N) is 1. The van der Waals surface area contributed by atoms with E-state index in [1.807, 2.05) is 0 Å². The predicted molar refractivity (Wildman–Crippen MR) is 76.3 cm³/mol. The quantitative estimate of drug-likeness (QED) is 0.879. The van der Waals surface area contributed by atoms with E-state index >= 15 is 0 Å². The van der Waals surface area contributed by atoms with Gasteiger partial charge >= 0.3 is 5.97 Å². The molecule has 0 bridgehead atoms. The van der Waals surface area contributed by atoms with Crippen LogP contribution < -0.4 is 5.32 Å². The fourth-order valence-corrected chi connectivity index (χ4v) is 1.79. The van der Waals surface area contributed by atoms with E-state index in [1.165, 1.54) is 18.5 Å². The number of benzene rings is 1. The van der Waals surface area contributed by atoms with Gasteiger partial charge in [-0.2, -0.15) is 0 Å². The van der Waals surface area contributed by atoms with Crippen molar-refractivity contribution in [1.29, 1.82) is 0 Å². The minimum absolute atomic E-state index is 0.00523. The van der Waals surface area contributed by atoms with Crippen molar-refractivity contribution >= 4 is 17.6 Å². The number of aromatic nitrogens is 1. The van der Waals surface area contributed by atoms with Crippen LogP contribution >= 0.6 is 0 Å². The molecule has 0 radical (unpaired) electrons. The number of anilines is 1. The first kappa shape index (κ1) is 14.7. The van der Waals surface area contributed by atoms with Gasteiger partial charge in [0.05, 0.1) is 24.1 Å². The largest absolute Gasteiger partial charge is 0.478 e. The number of rotatable bonds is 5. The van der Waals surface area contributed by atoms with Crippen LogP contribution in [0.25, 0.3) is 0 Å². The topological polar surface area (TPSA) is 88.5 Å². The number of hydrogen-bond acceptors (Lipinski definition) is 4. The summed E-state index contributed by atoms with van der Waals surface area (Å²) in [7, 11) is 1.59. The first-order valence-electron chi connectivity index (χ1n) is 6.18. The van der Waals surface area contributed by atoms with Crippen LogP contribution in [0.3, 0.4) is 0 Å². The van der Waals surface area contributed by atoms with E-state index in [2.05, 4.69) is 10.3 Å². The van der Waals surface area contributed by atoms with Gasteiger partial charge < -0.3 is 15.2 Å². The summed E-state index contributed by atoms with van der Waals surface area (Å²) in [5.74, 6) is -1.52. The minimum atomic E-state index is -1.12. The van der Waals surface area contributed by atoms with Crippen molar-refractivity contribution < 1.29 is 19.4 Å². The van der Waals surface area contributed by atoms with Gasteiger partial charge in [0.2, 0.25) is 0 Å². The van der Waals surface area contributed by atoms with Gasteiger partial charge in [0.1, 0.15) is 0 Å². The number of methoxy groups -OCH3 is 1. The van der Waals surface area contributed by atoms with Crippen LogP contribution in [0.1, 0.15) is 26.3 Å². The predicted octanol–water partition coefficient (Wildman–Crippen LogP) is 2.18. The van der Waals surface area contributed by atoms with E-state index in [1.54, 1.807) is 31.4 Å². The number of ether oxygens (including phenoxy) is 1. The molecule has 0 aliphatic heterocycles. The molecule has 0 aliphatic carbocycles. The Morgan fingerprint density at radius 3 is 2.57 bits per heavy atom. The van der Waals surface area contributed by atoms with E-state index in [9.17, 15) is 9.59 Å². The van der Waals surface area contributed by atoms with Gasteiger partial charge in [-0.15, -0.1) is 0 Å². The second-order valence-electron chi connectivity index (χ2n) is 4.31. The Morgan fingerprint density at radius 2 is 1.95 bits per heavy atom. The number of nitrogens with one attached hydrogen (secondary N) is 1. The smallest absolute Gasteiger partial charge is 0.337 e. The summed E-state index contributed by atoms with van der Waals surface area (Å²) < 4.78 is 4.99. The molecule has 1 aromatic heterocycles. The average Bonchev–Trinajstić information content (AvgIpc) is 2.48. The lowest BCUT2D eigenvalue weighted by Gasteiger charge is -2.08. The second kappa shape index (κ2) is 6.62. The van der Waals surface area contributed by atoms with E-state index < -0.39 is 11.9 Å². The summed E-state index contributed by atoms with van der Waals surface area (Å²) in [4.78, 5) is 27.0. The SMILES string of the molecule is COCc1ccc(C(=O)Nc2cnccc2C(=O)O)cc1. The zero-order valence-corrected chi connectivity index (χ0v) is 11.4. The zero-order valence-electron chi connectivity index (χ0n) is 11.4. The summed E-state index contributed by atoms with van der Waals surface area (Å²) >= 11 is 0. The molecule has 1 heterocycles. The van der Waals surface area contributed by atoms with Crippen molar-refractivity contribution in [2.45, 2.75) is 6.61 Å². The number of pyridine rings is 1. The highest BCUT2D eigenvalue weighted by molar-refractivity contribution is 6.07. The molecule has 6 nitrogen and oxygen atoms in total. The molecule has 1 aromatic carbocycles. The van der Waals surface area contributed by atoms with Crippen LogP contribution in [0.5, 0.6) is 0 Å². The molecule has 0 saturated heterocycles. The first-order chi connectivity index (χ1) is 10.1. The molecule has 2 N–H and O–H groups in total. The lowest BCUT2D eigenvalue weighted by molar-refractivity contribution is 0.0698. The Kier molecular flexibility index (Phi) is 4.63. The molecule has 0 aliphatic rings. The monoisotopic (exact) mass is 286 g/mol. The molecular formula is C15H14N2O4. The van der Waals surface area contributed by atoms with Crippen LogP contribution in [0.4, 0.5) is 5.69 Å². The van der Waals surface area contributed by atoms with Crippen LogP contribution in [0.2, 0.25) is 0 Å². The van der Waals surface area contributed by atoms with Crippen molar-refractivity contribution in [3.05, 3.63) is 59.4 Å². The van der Waals surface area contributed by atoms with Gasteiger partial charge in [-0.1, -0.05) is 12.1 Å². The van der Waals surface area contributed by atoms with E-state index in [0.29, 0.717) is 12.2 Å². The lowest BCUT2D eigenvalue weighted by atomic mass is 10.1. The van der Waals surface area contributed by atoms with Crippen LogP contribution in [-0.2, 0) is 11.3 Å². The number of amides is 1. The highest BCUT2D eigenvalue weighted by Crippen LogP contribution is 2.15. The van der Waals surface area contributed by atoms with Gasteiger partial charge in [0.15, 0.2) is 0 Å². The molecule has 108 valence electrons. The molecule has 6 heteroatoms. The van der Waals surface area contributed by atoms with Crippen molar-refractivity contribution in [3.8, 4) is 0 Å². The number of carboxylic acid groups (broad SMARTS) is 1. The third-order valence-corrected chi connectivity index (χ3v) is 2.83. The molecular weight excluding hydrogens is 272 g/mol. The van der Waals surface area contributed by atoms with E-state index in [4.69, 9.17) is 9.84 Å². The third-order valence-electron chi connectivity index (χ3n) is 2.83. The van der Waals surface area contributed by atoms with Gasteiger partial charge in [-0.25, -0.2) is 4.79 Å². The summed E-state index contributed by atoms with van der Waals surface area (Å²) in [5, 5.41) is 11.6. The Labute approximate surface area is 121 Å². The van der Waals surface area contributed by atoms with E-state index in [-0.39, 0.29) is 11.3 Å². The number of hydrogen-bond donors (Lipinski definition) is 2. The maximum atomic E-state index is 12.1. The molecule has 2 rings (SSSR count). The van der Waals surface area contributed by atoms with Crippen LogP contribution in [-0.4, -0.2) is 29.1 Å². The fraction of sp³-hybridized carbons (Fsp3) is 0.133. The fourth-order valence-electron chi connectivity index (χ4n) is 1.79. The Bertz CT molecular complexity index is 653. The molecule has 0 saturated carbocycles.